The van der Waals surface area contributed by atoms with Gasteiger partial charge in [-0.2, -0.15) is 5.26 Å². The lowest BCUT2D eigenvalue weighted by Gasteiger charge is -1.87. The van der Waals surface area contributed by atoms with E-state index in [-0.39, 0.29) is 0 Å². The van der Waals surface area contributed by atoms with Gasteiger partial charge in [0.05, 0.1) is 0 Å². The second-order valence-electron chi connectivity index (χ2n) is 1.85. The molecule has 0 aliphatic carbocycles. The minimum atomic E-state index is 0.468. The monoisotopic (exact) mass is 134 g/mol. The summed E-state index contributed by atoms with van der Waals surface area (Å²) in [6.07, 6.45) is 3.39. The van der Waals surface area contributed by atoms with Crippen LogP contribution in [0.3, 0.4) is 0 Å². The SMILES string of the molecule is C=C/C=C(/C)N=C(C)C#N. The molecule has 0 spiro atoms. The van der Waals surface area contributed by atoms with Gasteiger partial charge < -0.3 is 0 Å². The Morgan fingerprint density at radius 2 is 2.20 bits per heavy atom. The highest BCUT2D eigenvalue weighted by Crippen LogP contribution is 1.94. The molecule has 0 amide bonds. The second kappa shape index (κ2) is 4.51. The second-order valence-corrected chi connectivity index (χ2v) is 1.85. The predicted octanol–water partition coefficient (Wildman–Crippen LogP) is 2.06. The van der Waals surface area contributed by atoms with Crippen LogP contribution in [0.5, 0.6) is 0 Å². The first kappa shape index (κ1) is 8.64. The fourth-order valence-corrected chi connectivity index (χ4v) is 0.497. The highest BCUT2D eigenvalue weighted by molar-refractivity contribution is 5.96. The maximum Gasteiger partial charge on any atom is 0.115 e. The van der Waals surface area contributed by atoms with Crippen molar-refractivity contribution in [2.45, 2.75) is 13.8 Å². The van der Waals surface area contributed by atoms with Crippen LogP contribution in [0.15, 0.2) is 29.4 Å². The maximum atomic E-state index is 8.32. The summed E-state index contributed by atoms with van der Waals surface area (Å²) >= 11 is 0. The van der Waals surface area contributed by atoms with Crippen molar-refractivity contribution in [3.63, 3.8) is 0 Å². The van der Waals surface area contributed by atoms with Gasteiger partial charge in [-0.05, 0) is 19.9 Å². The lowest BCUT2D eigenvalue weighted by atomic mass is 10.4. The molecule has 2 heteroatoms. The van der Waals surface area contributed by atoms with Crippen molar-refractivity contribution in [1.29, 1.82) is 5.26 Å². The summed E-state index contributed by atoms with van der Waals surface area (Å²) < 4.78 is 0. The van der Waals surface area contributed by atoms with Crippen LogP contribution in [-0.2, 0) is 0 Å². The van der Waals surface area contributed by atoms with Crippen LogP contribution >= 0.6 is 0 Å². The molecule has 0 radical (unpaired) electrons. The molecule has 0 atom stereocenters. The Bertz CT molecular complexity index is 216. The molecule has 0 heterocycles. The third-order valence-corrected chi connectivity index (χ3v) is 0.865. The lowest BCUT2D eigenvalue weighted by molar-refractivity contribution is 1.30. The van der Waals surface area contributed by atoms with Gasteiger partial charge >= 0.3 is 0 Å². The van der Waals surface area contributed by atoms with Crippen molar-refractivity contribution in [2.24, 2.45) is 4.99 Å². The van der Waals surface area contributed by atoms with E-state index >= 15 is 0 Å². The molecule has 0 fully saturated rings. The van der Waals surface area contributed by atoms with Crippen molar-refractivity contribution >= 4 is 5.71 Å². The molecular formula is C8H10N2. The van der Waals surface area contributed by atoms with Gasteiger partial charge in [-0.25, -0.2) is 4.99 Å². The fourth-order valence-electron chi connectivity index (χ4n) is 0.497. The Hall–Kier alpha value is -1.36. The fraction of sp³-hybridized carbons (Fsp3) is 0.250. The summed E-state index contributed by atoms with van der Waals surface area (Å²) in [5.41, 5.74) is 1.27. The number of hydrogen-bond donors (Lipinski definition) is 0. The maximum absolute atomic E-state index is 8.32. The summed E-state index contributed by atoms with van der Waals surface area (Å²) in [5, 5.41) is 8.32. The largest absolute Gasteiger partial charge is 0.247 e. The summed E-state index contributed by atoms with van der Waals surface area (Å²) in [4.78, 5) is 3.93. The quantitative estimate of drug-likeness (QED) is 0.420. The van der Waals surface area contributed by atoms with Crippen molar-refractivity contribution in [2.75, 3.05) is 0 Å². The zero-order valence-corrected chi connectivity index (χ0v) is 6.26. The Kier molecular flexibility index (Phi) is 3.90. The molecule has 10 heavy (non-hydrogen) atoms. The van der Waals surface area contributed by atoms with Crippen molar-refractivity contribution in [3.05, 3.63) is 24.4 Å². The number of aliphatic imine (C=N–C) groups is 1. The first-order chi connectivity index (χ1) is 4.70. The number of hydrogen-bond acceptors (Lipinski definition) is 2. The predicted molar refractivity (Wildman–Crippen MR) is 42.7 cm³/mol. The topological polar surface area (TPSA) is 36.1 Å². The van der Waals surface area contributed by atoms with E-state index in [9.17, 15) is 0 Å². The molecule has 2 nitrogen and oxygen atoms in total. The number of nitriles is 1. The van der Waals surface area contributed by atoms with Crippen molar-refractivity contribution in [3.8, 4) is 6.07 Å². The van der Waals surface area contributed by atoms with E-state index in [0.717, 1.165) is 5.70 Å². The van der Waals surface area contributed by atoms with Gasteiger partial charge in [0.25, 0.3) is 0 Å². The van der Waals surface area contributed by atoms with Crippen LogP contribution in [0.25, 0.3) is 0 Å². The van der Waals surface area contributed by atoms with Crippen molar-refractivity contribution in [1.82, 2.24) is 0 Å². The highest BCUT2D eigenvalue weighted by Gasteiger charge is 1.84. The van der Waals surface area contributed by atoms with Crippen LogP contribution in [0, 0.1) is 11.3 Å². The van der Waals surface area contributed by atoms with Crippen LogP contribution in [0.4, 0.5) is 0 Å². The molecule has 0 rings (SSSR count). The van der Waals surface area contributed by atoms with Crippen LogP contribution < -0.4 is 0 Å². The Morgan fingerprint density at radius 1 is 1.60 bits per heavy atom. The number of rotatable bonds is 2. The van der Waals surface area contributed by atoms with E-state index in [0.29, 0.717) is 5.71 Å². The van der Waals surface area contributed by atoms with Crippen LogP contribution in [-0.4, -0.2) is 5.71 Å². The molecule has 0 aromatic rings. The molecule has 0 aromatic carbocycles. The molecule has 0 unspecified atom stereocenters. The Balaban J connectivity index is 4.29. The van der Waals surface area contributed by atoms with E-state index in [1.807, 2.05) is 13.0 Å². The summed E-state index contributed by atoms with van der Waals surface area (Å²) in [6, 6.07) is 1.93. The third kappa shape index (κ3) is 3.62. The summed E-state index contributed by atoms with van der Waals surface area (Å²) in [5.74, 6) is 0. The molecule has 0 N–H and O–H groups in total. The van der Waals surface area contributed by atoms with Gasteiger partial charge in [-0.1, -0.05) is 12.7 Å². The zero-order chi connectivity index (χ0) is 7.98. The minimum Gasteiger partial charge on any atom is -0.247 e. The minimum absolute atomic E-state index is 0.468. The van der Waals surface area contributed by atoms with Gasteiger partial charge in [0.2, 0.25) is 0 Å². The molecule has 0 aliphatic rings. The van der Waals surface area contributed by atoms with Gasteiger partial charge in [0.1, 0.15) is 11.8 Å². The van der Waals surface area contributed by atoms with Gasteiger partial charge in [-0.15, -0.1) is 0 Å². The standard InChI is InChI=1S/C8H10N2/c1-4-5-7(2)10-8(3)6-9/h4-5H,1H2,2-3H3/b7-5-,10-8?. The Morgan fingerprint density at radius 3 is 2.60 bits per heavy atom. The molecule has 0 aromatic heterocycles. The molecular weight excluding hydrogens is 124 g/mol. The first-order valence-electron chi connectivity index (χ1n) is 2.95. The van der Waals surface area contributed by atoms with Crippen LogP contribution in [0.1, 0.15) is 13.8 Å². The normalized spacial score (nSPS) is 12.5. The number of nitrogens with zero attached hydrogens (tertiary/aromatic N) is 2. The zero-order valence-electron chi connectivity index (χ0n) is 6.26. The molecule has 52 valence electrons. The van der Waals surface area contributed by atoms with E-state index < -0.39 is 0 Å². The molecule has 0 bridgehead atoms. The molecule has 0 aliphatic heterocycles. The van der Waals surface area contributed by atoms with Gasteiger partial charge in [0.15, 0.2) is 0 Å². The van der Waals surface area contributed by atoms with Gasteiger partial charge in [-0.3, -0.25) is 0 Å². The molecule has 0 saturated heterocycles. The average molecular weight is 134 g/mol. The van der Waals surface area contributed by atoms with E-state index in [1.165, 1.54) is 0 Å². The van der Waals surface area contributed by atoms with Crippen molar-refractivity contribution < 1.29 is 0 Å². The molecule has 0 saturated carbocycles. The van der Waals surface area contributed by atoms with E-state index in [4.69, 9.17) is 5.26 Å². The smallest absolute Gasteiger partial charge is 0.115 e. The highest BCUT2D eigenvalue weighted by atomic mass is 14.7. The lowest BCUT2D eigenvalue weighted by Crippen LogP contribution is -1.83. The Labute approximate surface area is 61.2 Å². The van der Waals surface area contributed by atoms with Crippen LogP contribution in [0.2, 0.25) is 0 Å². The van der Waals surface area contributed by atoms with E-state index in [1.54, 1.807) is 19.1 Å². The summed E-state index contributed by atoms with van der Waals surface area (Å²) in [7, 11) is 0. The third-order valence-electron chi connectivity index (χ3n) is 0.865. The van der Waals surface area contributed by atoms with E-state index in [2.05, 4.69) is 11.6 Å². The average Bonchev–Trinajstić information content (AvgIpc) is 1.88. The summed E-state index contributed by atoms with van der Waals surface area (Å²) in [6.45, 7) is 6.99. The number of allylic oxidation sites excluding steroid dienone is 3. The first-order valence-corrected chi connectivity index (χ1v) is 2.95. The van der Waals surface area contributed by atoms with Gasteiger partial charge in [0, 0.05) is 5.70 Å².